The Morgan fingerprint density at radius 3 is 3.00 bits per heavy atom. The van der Waals surface area contributed by atoms with Gasteiger partial charge in [-0.3, -0.25) is 0 Å². The zero-order chi connectivity index (χ0) is 6.69. The molecule has 0 aromatic carbocycles. The van der Waals surface area contributed by atoms with Gasteiger partial charge in [0.2, 0.25) is 0 Å². The van der Waals surface area contributed by atoms with Gasteiger partial charge in [-0.05, 0) is 10.4 Å². The van der Waals surface area contributed by atoms with E-state index in [1.807, 2.05) is 0 Å². The predicted molar refractivity (Wildman–Crippen MR) is 28.9 cm³/mol. The van der Waals surface area contributed by atoms with E-state index in [2.05, 4.69) is 22.1 Å². The molecule has 1 aromatic rings. The summed E-state index contributed by atoms with van der Waals surface area (Å²) in [5, 5.41) is 18.6. The maximum atomic E-state index is 8.71. The number of tetrazole rings is 1. The molecule has 0 bridgehead atoms. The van der Waals surface area contributed by atoms with E-state index in [0.717, 1.165) is 0 Å². The zero-order valence-electron chi connectivity index (χ0n) is 4.73. The molecule has 0 fully saturated rings. The van der Waals surface area contributed by atoms with E-state index in [1.54, 1.807) is 6.08 Å². The molecule has 0 aliphatic carbocycles. The molecule has 1 rings (SSSR count). The van der Waals surface area contributed by atoms with Crippen molar-refractivity contribution < 1.29 is 5.21 Å². The van der Waals surface area contributed by atoms with Crippen molar-refractivity contribution in [2.45, 2.75) is 6.42 Å². The van der Waals surface area contributed by atoms with Crippen molar-refractivity contribution >= 4 is 0 Å². The summed E-state index contributed by atoms with van der Waals surface area (Å²) in [6, 6.07) is 0. The lowest BCUT2D eigenvalue weighted by Gasteiger charge is -1.87. The number of nitrogens with zero attached hydrogens (tertiary/aromatic N) is 4. The Balaban J connectivity index is 2.80. The van der Waals surface area contributed by atoms with Gasteiger partial charge < -0.3 is 5.21 Å². The van der Waals surface area contributed by atoms with Gasteiger partial charge in [0.25, 0.3) is 0 Å². The first kappa shape index (κ1) is 5.74. The molecule has 5 heteroatoms. The normalized spacial score (nSPS) is 9.33. The van der Waals surface area contributed by atoms with Gasteiger partial charge in [0.1, 0.15) is 0 Å². The van der Waals surface area contributed by atoms with Crippen LogP contribution < -0.4 is 0 Å². The third kappa shape index (κ3) is 1.04. The second-order valence-electron chi connectivity index (χ2n) is 1.48. The molecule has 1 aromatic heterocycles. The number of hydrogen-bond acceptors (Lipinski definition) is 4. The monoisotopic (exact) mass is 126 g/mol. The SMILES string of the molecule is C=CCc1nnnn1O. The van der Waals surface area contributed by atoms with E-state index in [1.165, 1.54) is 0 Å². The third-order valence-corrected chi connectivity index (χ3v) is 0.843. The van der Waals surface area contributed by atoms with Crippen molar-refractivity contribution in [3.63, 3.8) is 0 Å². The van der Waals surface area contributed by atoms with Gasteiger partial charge in [-0.1, -0.05) is 10.9 Å². The molecular weight excluding hydrogens is 120 g/mol. The minimum atomic E-state index is 0.394. The highest BCUT2D eigenvalue weighted by molar-refractivity contribution is 4.87. The maximum absolute atomic E-state index is 8.71. The van der Waals surface area contributed by atoms with Crippen LogP contribution in [0.2, 0.25) is 0 Å². The predicted octanol–water partition coefficient (Wildman–Crippen LogP) is -0.361. The number of allylic oxidation sites excluding steroid dienone is 1. The molecule has 0 aliphatic rings. The van der Waals surface area contributed by atoms with E-state index in [9.17, 15) is 0 Å². The molecule has 48 valence electrons. The van der Waals surface area contributed by atoms with Gasteiger partial charge in [-0.25, -0.2) is 0 Å². The van der Waals surface area contributed by atoms with Gasteiger partial charge in [0.05, 0.1) is 0 Å². The van der Waals surface area contributed by atoms with Gasteiger partial charge in [-0.15, -0.1) is 11.7 Å². The van der Waals surface area contributed by atoms with Crippen molar-refractivity contribution in [1.29, 1.82) is 0 Å². The minimum Gasteiger partial charge on any atom is -0.409 e. The van der Waals surface area contributed by atoms with Crippen LogP contribution >= 0.6 is 0 Å². The van der Waals surface area contributed by atoms with Crippen LogP contribution in [0.1, 0.15) is 5.82 Å². The Labute approximate surface area is 51.6 Å². The van der Waals surface area contributed by atoms with E-state index in [-0.39, 0.29) is 0 Å². The highest BCUT2D eigenvalue weighted by atomic mass is 16.5. The quantitative estimate of drug-likeness (QED) is 0.434. The van der Waals surface area contributed by atoms with Crippen LogP contribution in [0.25, 0.3) is 0 Å². The summed E-state index contributed by atoms with van der Waals surface area (Å²) in [6.07, 6.45) is 2.09. The van der Waals surface area contributed by atoms with Crippen LogP contribution in [0, 0.1) is 0 Å². The van der Waals surface area contributed by atoms with Gasteiger partial charge >= 0.3 is 0 Å². The lowest BCUT2D eigenvalue weighted by atomic mass is 10.4. The number of aromatic nitrogens is 4. The molecule has 5 nitrogen and oxygen atoms in total. The minimum absolute atomic E-state index is 0.394. The molecule has 0 amide bonds. The average molecular weight is 126 g/mol. The Bertz CT molecular complexity index is 206. The van der Waals surface area contributed by atoms with E-state index >= 15 is 0 Å². The van der Waals surface area contributed by atoms with Crippen LogP contribution in [-0.4, -0.2) is 25.6 Å². The molecule has 0 saturated heterocycles. The first-order valence-corrected chi connectivity index (χ1v) is 2.42. The number of hydrogen-bond donors (Lipinski definition) is 1. The maximum Gasteiger partial charge on any atom is 0.195 e. The van der Waals surface area contributed by atoms with Crippen molar-refractivity contribution in [3.8, 4) is 0 Å². The molecule has 0 atom stereocenters. The highest BCUT2D eigenvalue weighted by Crippen LogP contribution is 1.88. The molecule has 1 heterocycles. The van der Waals surface area contributed by atoms with Crippen molar-refractivity contribution in [3.05, 3.63) is 18.5 Å². The van der Waals surface area contributed by atoms with Gasteiger partial charge in [0, 0.05) is 6.42 Å². The lowest BCUT2D eigenvalue weighted by Crippen LogP contribution is -1.98. The molecule has 9 heavy (non-hydrogen) atoms. The van der Waals surface area contributed by atoms with E-state index < -0.39 is 0 Å². The summed E-state index contributed by atoms with van der Waals surface area (Å²) >= 11 is 0. The van der Waals surface area contributed by atoms with Crippen LogP contribution in [0.15, 0.2) is 12.7 Å². The molecule has 1 N–H and O–H groups in total. The molecule has 0 unspecified atom stereocenters. The Kier molecular flexibility index (Phi) is 1.44. The molecule has 0 saturated carbocycles. The molecule has 0 radical (unpaired) electrons. The van der Waals surface area contributed by atoms with E-state index in [4.69, 9.17) is 5.21 Å². The first-order chi connectivity index (χ1) is 4.34. The zero-order valence-corrected chi connectivity index (χ0v) is 4.73. The largest absolute Gasteiger partial charge is 0.409 e. The summed E-state index contributed by atoms with van der Waals surface area (Å²) in [5.41, 5.74) is 0. The Hall–Kier alpha value is -1.39. The van der Waals surface area contributed by atoms with Gasteiger partial charge in [0.15, 0.2) is 5.82 Å². The van der Waals surface area contributed by atoms with Crippen molar-refractivity contribution in [1.82, 2.24) is 20.4 Å². The third-order valence-electron chi connectivity index (χ3n) is 0.843. The second kappa shape index (κ2) is 2.25. The average Bonchev–Trinajstić information content (AvgIpc) is 2.18. The highest BCUT2D eigenvalue weighted by Gasteiger charge is 1.98. The fourth-order valence-corrected chi connectivity index (χ4v) is 0.453. The molecule has 0 spiro atoms. The molecular formula is C4H6N4O. The van der Waals surface area contributed by atoms with Gasteiger partial charge in [-0.2, -0.15) is 0 Å². The summed E-state index contributed by atoms with van der Waals surface area (Å²) in [5.74, 6) is 0.394. The van der Waals surface area contributed by atoms with Crippen molar-refractivity contribution in [2.75, 3.05) is 0 Å². The van der Waals surface area contributed by atoms with Crippen LogP contribution in [0.4, 0.5) is 0 Å². The fourth-order valence-electron chi connectivity index (χ4n) is 0.453. The number of rotatable bonds is 2. The summed E-state index contributed by atoms with van der Waals surface area (Å²) < 4.78 is 0. The van der Waals surface area contributed by atoms with Crippen LogP contribution in [-0.2, 0) is 6.42 Å². The smallest absolute Gasteiger partial charge is 0.195 e. The summed E-state index contributed by atoms with van der Waals surface area (Å²) in [7, 11) is 0. The summed E-state index contributed by atoms with van der Waals surface area (Å²) in [4.78, 5) is 0.627. The van der Waals surface area contributed by atoms with Crippen LogP contribution in [0.3, 0.4) is 0 Å². The second-order valence-corrected chi connectivity index (χ2v) is 1.48. The standard InChI is InChI=1S/C4H6N4O/c1-2-3-4-5-6-7-8(4)9/h2,9H,1,3H2. The van der Waals surface area contributed by atoms with Crippen molar-refractivity contribution in [2.24, 2.45) is 0 Å². The van der Waals surface area contributed by atoms with Crippen LogP contribution in [0.5, 0.6) is 0 Å². The summed E-state index contributed by atoms with van der Waals surface area (Å²) in [6.45, 7) is 3.46. The fraction of sp³-hybridized carbons (Fsp3) is 0.250. The lowest BCUT2D eigenvalue weighted by molar-refractivity contribution is 0.135. The topological polar surface area (TPSA) is 63.8 Å². The molecule has 0 aliphatic heterocycles. The first-order valence-electron chi connectivity index (χ1n) is 2.42. The Morgan fingerprint density at radius 2 is 2.56 bits per heavy atom. The van der Waals surface area contributed by atoms with E-state index in [0.29, 0.717) is 17.1 Å². The Morgan fingerprint density at radius 1 is 1.78 bits per heavy atom.